The van der Waals surface area contributed by atoms with Crippen molar-refractivity contribution in [1.29, 1.82) is 0 Å². The molecule has 168 valence electrons. The van der Waals surface area contributed by atoms with Gasteiger partial charge in [-0.1, -0.05) is 12.1 Å². The van der Waals surface area contributed by atoms with Gasteiger partial charge in [-0.25, -0.2) is 13.6 Å². The van der Waals surface area contributed by atoms with Crippen LogP contribution in [0.5, 0.6) is 0 Å². The zero-order valence-electron chi connectivity index (χ0n) is 17.9. The lowest BCUT2D eigenvalue weighted by atomic mass is 10.0. The number of halogens is 2. The maximum Gasteiger partial charge on any atom is 0.317 e. The van der Waals surface area contributed by atoms with Crippen molar-refractivity contribution in [2.24, 2.45) is 0 Å². The van der Waals surface area contributed by atoms with Crippen LogP contribution in [-0.2, 0) is 22.4 Å². The Balaban J connectivity index is 1.43. The van der Waals surface area contributed by atoms with Crippen molar-refractivity contribution in [3.63, 3.8) is 0 Å². The van der Waals surface area contributed by atoms with E-state index in [4.69, 9.17) is 9.47 Å². The summed E-state index contributed by atoms with van der Waals surface area (Å²) in [7, 11) is 3.24. The minimum Gasteiger partial charge on any atom is -0.382 e. The topological polar surface area (TPSA) is 62.8 Å². The number of likely N-dealkylation sites (tertiary alicyclic amines) is 1. The number of carbonyl (C=O) groups excluding carboxylic acids is 1. The van der Waals surface area contributed by atoms with Crippen LogP contribution >= 0.6 is 0 Å². The molecule has 0 atom stereocenters. The lowest BCUT2D eigenvalue weighted by molar-refractivity contribution is -0.100. The van der Waals surface area contributed by atoms with Crippen LogP contribution in [0.2, 0.25) is 0 Å². The lowest BCUT2D eigenvalue weighted by Crippen LogP contribution is -2.46. The standard InChI is InChI=1S/C23H29F2N3O3/c1-30-22(31-2)13-16-3-6-19(7-4-16)27-20-9-11-28(12-10-20)23(29)26-15-17-14-18(24)5-8-21(17)25/h3-8,14,20,22,27H,9-13,15H2,1-2H3,(H,26,29). The van der Waals surface area contributed by atoms with Crippen LogP contribution in [0.15, 0.2) is 42.5 Å². The second kappa shape index (κ2) is 11.1. The Hall–Kier alpha value is -2.71. The molecule has 1 aliphatic rings. The molecule has 2 amide bonds. The van der Waals surface area contributed by atoms with Gasteiger partial charge < -0.3 is 25.0 Å². The van der Waals surface area contributed by atoms with Gasteiger partial charge in [0, 0.05) is 57.6 Å². The third-order valence-corrected chi connectivity index (χ3v) is 5.47. The van der Waals surface area contributed by atoms with E-state index in [9.17, 15) is 13.6 Å². The molecule has 0 bridgehead atoms. The summed E-state index contributed by atoms with van der Waals surface area (Å²) < 4.78 is 37.4. The predicted molar refractivity (Wildman–Crippen MR) is 115 cm³/mol. The van der Waals surface area contributed by atoms with Gasteiger partial charge in [0.2, 0.25) is 0 Å². The molecule has 0 saturated carbocycles. The van der Waals surface area contributed by atoms with Crippen LogP contribution < -0.4 is 10.6 Å². The summed E-state index contributed by atoms with van der Waals surface area (Å²) in [6, 6.07) is 11.4. The van der Waals surface area contributed by atoms with E-state index in [-0.39, 0.29) is 30.5 Å². The molecular formula is C23H29F2N3O3. The number of piperidine rings is 1. The minimum atomic E-state index is -0.532. The van der Waals surface area contributed by atoms with Crippen molar-refractivity contribution in [3.8, 4) is 0 Å². The number of ether oxygens (including phenoxy) is 2. The van der Waals surface area contributed by atoms with E-state index in [1.165, 1.54) is 0 Å². The molecule has 2 N–H and O–H groups in total. The van der Waals surface area contributed by atoms with Crippen LogP contribution in [0.4, 0.5) is 19.3 Å². The highest BCUT2D eigenvalue weighted by Crippen LogP contribution is 2.18. The largest absolute Gasteiger partial charge is 0.382 e. The highest BCUT2D eigenvalue weighted by atomic mass is 19.1. The summed E-state index contributed by atoms with van der Waals surface area (Å²) in [5.41, 5.74) is 2.29. The molecule has 1 aliphatic heterocycles. The lowest BCUT2D eigenvalue weighted by Gasteiger charge is -2.33. The number of amides is 2. The second-order valence-electron chi connectivity index (χ2n) is 7.60. The van der Waals surface area contributed by atoms with E-state index in [0.717, 1.165) is 42.3 Å². The summed E-state index contributed by atoms with van der Waals surface area (Å²) in [4.78, 5) is 14.1. The molecule has 1 saturated heterocycles. The van der Waals surface area contributed by atoms with Gasteiger partial charge >= 0.3 is 6.03 Å². The van der Waals surface area contributed by atoms with Gasteiger partial charge in [-0.05, 0) is 48.7 Å². The highest BCUT2D eigenvalue weighted by molar-refractivity contribution is 5.74. The Morgan fingerprint density at radius 2 is 1.77 bits per heavy atom. The Labute approximate surface area is 181 Å². The fourth-order valence-electron chi connectivity index (χ4n) is 3.62. The van der Waals surface area contributed by atoms with E-state index < -0.39 is 11.6 Å². The smallest absolute Gasteiger partial charge is 0.317 e. The van der Waals surface area contributed by atoms with Crippen LogP contribution in [-0.4, -0.2) is 50.6 Å². The number of nitrogens with one attached hydrogen (secondary N) is 2. The van der Waals surface area contributed by atoms with Gasteiger partial charge in [0.25, 0.3) is 0 Å². The van der Waals surface area contributed by atoms with Crippen molar-refractivity contribution in [1.82, 2.24) is 10.2 Å². The van der Waals surface area contributed by atoms with Gasteiger partial charge in [0.1, 0.15) is 11.6 Å². The Morgan fingerprint density at radius 3 is 2.42 bits per heavy atom. The monoisotopic (exact) mass is 433 g/mol. The molecule has 8 heteroatoms. The van der Waals surface area contributed by atoms with E-state index in [2.05, 4.69) is 10.6 Å². The molecule has 6 nitrogen and oxygen atoms in total. The number of nitrogens with zero attached hydrogens (tertiary/aromatic N) is 1. The van der Waals surface area contributed by atoms with E-state index >= 15 is 0 Å². The third kappa shape index (κ3) is 6.63. The number of hydrogen-bond donors (Lipinski definition) is 2. The first-order valence-corrected chi connectivity index (χ1v) is 10.4. The first-order chi connectivity index (χ1) is 15.0. The number of urea groups is 1. The summed E-state index contributed by atoms with van der Waals surface area (Å²) in [5, 5.41) is 6.18. The summed E-state index contributed by atoms with van der Waals surface area (Å²) in [5.74, 6) is -1.06. The van der Waals surface area contributed by atoms with Crippen molar-refractivity contribution in [2.45, 2.75) is 38.1 Å². The fraction of sp³-hybridized carbons (Fsp3) is 0.435. The van der Waals surface area contributed by atoms with Gasteiger partial charge in [-0.2, -0.15) is 0 Å². The van der Waals surface area contributed by atoms with Gasteiger partial charge in [0.05, 0.1) is 0 Å². The third-order valence-electron chi connectivity index (χ3n) is 5.47. The van der Waals surface area contributed by atoms with Crippen molar-refractivity contribution >= 4 is 11.7 Å². The van der Waals surface area contributed by atoms with E-state index in [0.29, 0.717) is 19.5 Å². The number of methoxy groups -OCH3 is 2. The Morgan fingerprint density at radius 1 is 1.10 bits per heavy atom. The average Bonchev–Trinajstić information content (AvgIpc) is 2.79. The maximum absolute atomic E-state index is 13.7. The van der Waals surface area contributed by atoms with E-state index in [1.807, 2.05) is 24.3 Å². The SMILES string of the molecule is COC(Cc1ccc(NC2CCN(C(=O)NCc3cc(F)ccc3F)CC2)cc1)OC. The summed E-state index contributed by atoms with van der Waals surface area (Å²) >= 11 is 0. The van der Waals surface area contributed by atoms with Crippen LogP contribution in [0, 0.1) is 11.6 Å². The molecule has 0 spiro atoms. The molecular weight excluding hydrogens is 404 g/mol. The zero-order valence-corrected chi connectivity index (χ0v) is 17.9. The van der Waals surface area contributed by atoms with Crippen molar-refractivity contribution in [2.75, 3.05) is 32.6 Å². The Kier molecular flexibility index (Phi) is 8.20. The predicted octanol–water partition coefficient (Wildman–Crippen LogP) is 3.91. The number of benzene rings is 2. The number of carbonyl (C=O) groups is 1. The highest BCUT2D eigenvalue weighted by Gasteiger charge is 2.23. The van der Waals surface area contributed by atoms with Crippen LogP contribution in [0.25, 0.3) is 0 Å². The van der Waals surface area contributed by atoms with Gasteiger partial charge in [0.15, 0.2) is 6.29 Å². The Bertz CT molecular complexity index is 852. The first-order valence-electron chi connectivity index (χ1n) is 10.4. The number of hydrogen-bond acceptors (Lipinski definition) is 4. The quantitative estimate of drug-likeness (QED) is 0.620. The molecule has 2 aromatic rings. The first kappa shape index (κ1) is 23.0. The second-order valence-corrected chi connectivity index (χ2v) is 7.60. The normalized spacial score (nSPS) is 14.7. The average molecular weight is 433 g/mol. The molecule has 0 radical (unpaired) electrons. The van der Waals surface area contributed by atoms with Crippen molar-refractivity contribution in [3.05, 3.63) is 65.2 Å². The number of anilines is 1. The van der Waals surface area contributed by atoms with Gasteiger partial charge in [-0.15, -0.1) is 0 Å². The number of rotatable bonds is 8. The minimum absolute atomic E-state index is 0.0417. The molecule has 1 heterocycles. The fourth-order valence-corrected chi connectivity index (χ4v) is 3.62. The molecule has 1 fully saturated rings. The van der Waals surface area contributed by atoms with E-state index in [1.54, 1.807) is 19.1 Å². The molecule has 0 aliphatic carbocycles. The molecule has 3 rings (SSSR count). The molecule has 0 unspecified atom stereocenters. The van der Waals surface area contributed by atoms with Gasteiger partial charge in [-0.3, -0.25) is 0 Å². The van der Waals surface area contributed by atoms with Crippen molar-refractivity contribution < 1.29 is 23.0 Å². The molecule has 31 heavy (non-hydrogen) atoms. The zero-order chi connectivity index (χ0) is 22.2. The molecule has 0 aromatic heterocycles. The molecule has 2 aromatic carbocycles. The van der Waals surface area contributed by atoms with Crippen LogP contribution in [0.1, 0.15) is 24.0 Å². The summed E-state index contributed by atoms with van der Waals surface area (Å²) in [6.45, 7) is 1.15. The van der Waals surface area contributed by atoms with Crippen LogP contribution in [0.3, 0.4) is 0 Å². The maximum atomic E-state index is 13.7. The summed E-state index contributed by atoms with van der Waals surface area (Å²) in [6.07, 6.45) is 2.03.